The monoisotopic (exact) mass is 292 g/mol. The second-order valence-electron chi connectivity index (χ2n) is 6.15. The van der Waals surface area contributed by atoms with E-state index in [0.717, 1.165) is 12.8 Å². The Morgan fingerprint density at radius 2 is 1.62 bits per heavy atom. The van der Waals surface area contributed by atoms with Gasteiger partial charge in [0.15, 0.2) is 11.1 Å². The minimum absolute atomic E-state index is 0.0792. The summed E-state index contributed by atoms with van der Waals surface area (Å²) in [5, 5.41) is 35.1. The fourth-order valence-corrected chi connectivity index (χ4v) is 1.68. The zero-order chi connectivity index (χ0) is 16.5. The molecule has 21 heavy (non-hydrogen) atoms. The van der Waals surface area contributed by atoms with Crippen molar-refractivity contribution < 1.29 is 9.90 Å². The molecule has 0 saturated heterocycles. The molecule has 0 spiro atoms. The van der Waals surface area contributed by atoms with Crippen LogP contribution in [0.4, 0.5) is 0 Å². The van der Waals surface area contributed by atoms with E-state index in [2.05, 4.69) is 30.1 Å². The van der Waals surface area contributed by atoms with E-state index in [-0.39, 0.29) is 12.8 Å². The Balaban J connectivity index is 4.79. The molecule has 0 aliphatic heterocycles. The first-order valence-electron chi connectivity index (χ1n) is 7.15. The van der Waals surface area contributed by atoms with Gasteiger partial charge in [-0.1, -0.05) is 20.3 Å². The van der Waals surface area contributed by atoms with Gasteiger partial charge in [0, 0.05) is 6.42 Å². The van der Waals surface area contributed by atoms with E-state index in [1.54, 1.807) is 6.92 Å². The average molecular weight is 292 g/mol. The number of carboxylic acid groups (broad SMARTS) is 1. The lowest BCUT2D eigenvalue weighted by atomic mass is 9.95. The molecule has 6 nitrogen and oxygen atoms in total. The number of aliphatic carboxylic acids is 1. The van der Waals surface area contributed by atoms with Crippen LogP contribution in [0.3, 0.4) is 0 Å². The molecule has 0 fully saturated rings. The number of hydrogen-bond donors (Lipinski definition) is 1. The highest BCUT2D eigenvalue weighted by Crippen LogP contribution is 2.24. The number of carboxylic acids is 1. The molecule has 0 bridgehead atoms. The lowest BCUT2D eigenvalue weighted by Gasteiger charge is -2.19. The predicted molar refractivity (Wildman–Crippen MR) is 78.5 cm³/mol. The first-order chi connectivity index (χ1) is 9.66. The molecule has 0 rings (SSSR count). The van der Waals surface area contributed by atoms with Gasteiger partial charge in [-0.05, 0) is 39.0 Å². The summed E-state index contributed by atoms with van der Waals surface area (Å²) in [6.07, 6.45) is 2.36. The Morgan fingerprint density at radius 3 is 2.00 bits per heavy atom. The van der Waals surface area contributed by atoms with E-state index in [9.17, 15) is 10.1 Å². The maximum absolute atomic E-state index is 10.6. The summed E-state index contributed by atoms with van der Waals surface area (Å²) in [5.41, 5.74) is -2.16. The predicted octanol–water partition coefficient (Wildman–Crippen LogP) is 3.69. The SMILES string of the molecule is CC(C)CCCC(C)(C#N)N=NC(C)(C#N)CCC(=O)O. The first kappa shape index (κ1) is 19.1. The van der Waals surface area contributed by atoms with Gasteiger partial charge in [0.05, 0.1) is 12.1 Å². The summed E-state index contributed by atoms with van der Waals surface area (Å²) in [6.45, 7) is 7.45. The molecule has 116 valence electrons. The van der Waals surface area contributed by atoms with Crippen LogP contribution in [0, 0.1) is 28.6 Å². The number of nitrogens with zero attached hydrogens (tertiary/aromatic N) is 4. The van der Waals surface area contributed by atoms with Gasteiger partial charge in [-0.15, -0.1) is 0 Å². The minimum Gasteiger partial charge on any atom is -0.481 e. The molecule has 1 N–H and O–H groups in total. The molecule has 0 aromatic rings. The largest absolute Gasteiger partial charge is 0.481 e. The molecule has 2 atom stereocenters. The molecule has 0 amide bonds. The number of carbonyl (C=O) groups is 1. The standard InChI is InChI=1S/C15H24N4O2/c1-12(2)6-5-8-14(3,10-16)18-19-15(4,11-17)9-7-13(20)21/h12H,5-9H2,1-4H3,(H,20,21). The van der Waals surface area contributed by atoms with E-state index in [0.29, 0.717) is 12.3 Å². The Kier molecular flexibility index (Phi) is 7.59. The van der Waals surface area contributed by atoms with Gasteiger partial charge >= 0.3 is 5.97 Å². The van der Waals surface area contributed by atoms with Crippen molar-refractivity contribution >= 4 is 5.97 Å². The molecule has 0 saturated carbocycles. The second kappa shape index (κ2) is 8.36. The first-order valence-corrected chi connectivity index (χ1v) is 7.15. The molecular formula is C15H24N4O2. The summed E-state index contributed by atoms with van der Waals surface area (Å²) in [6, 6.07) is 4.10. The number of rotatable bonds is 9. The van der Waals surface area contributed by atoms with Gasteiger partial charge in [0.1, 0.15) is 0 Å². The molecule has 0 aromatic heterocycles. The summed E-state index contributed by atoms with van der Waals surface area (Å²) in [4.78, 5) is 10.6. The van der Waals surface area contributed by atoms with E-state index < -0.39 is 17.0 Å². The van der Waals surface area contributed by atoms with Crippen molar-refractivity contribution in [2.24, 2.45) is 16.1 Å². The van der Waals surface area contributed by atoms with Crippen LogP contribution in [0.25, 0.3) is 0 Å². The molecule has 0 radical (unpaired) electrons. The fraction of sp³-hybridized carbons (Fsp3) is 0.800. The molecule has 0 heterocycles. The summed E-state index contributed by atoms with van der Waals surface area (Å²) in [5.74, 6) is -0.420. The quantitative estimate of drug-likeness (QED) is 0.653. The van der Waals surface area contributed by atoms with Gasteiger partial charge in [0.2, 0.25) is 0 Å². The third kappa shape index (κ3) is 8.04. The molecule has 6 heteroatoms. The van der Waals surface area contributed by atoms with Gasteiger partial charge in [-0.25, -0.2) is 0 Å². The van der Waals surface area contributed by atoms with Crippen LogP contribution in [0.15, 0.2) is 10.2 Å². The Labute approximate surface area is 126 Å². The molecule has 2 unspecified atom stereocenters. The maximum atomic E-state index is 10.6. The van der Waals surface area contributed by atoms with Crippen LogP contribution in [-0.2, 0) is 4.79 Å². The second-order valence-corrected chi connectivity index (χ2v) is 6.15. The topological polar surface area (TPSA) is 110 Å². The highest BCUT2D eigenvalue weighted by molar-refractivity contribution is 5.66. The molecular weight excluding hydrogens is 268 g/mol. The van der Waals surface area contributed by atoms with Gasteiger partial charge in [0.25, 0.3) is 0 Å². The zero-order valence-corrected chi connectivity index (χ0v) is 13.3. The van der Waals surface area contributed by atoms with E-state index in [4.69, 9.17) is 10.4 Å². The summed E-state index contributed by atoms with van der Waals surface area (Å²) < 4.78 is 0. The van der Waals surface area contributed by atoms with E-state index in [1.165, 1.54) is 6.92 Å². The Morgan fingerprint density at radius 1 is 1.14 bits per heavy atom. The van der Waals surface area contributed by atoms with Crippen molar-refractivity contribution in [1.29, 1.82) is 10.5 Å². The van der Waals surface area contributed by atoms with Crippen LogP contribution >= 0.6 is 0 Å². The third-order valence-electron chi connectivity index (χ3n) is 3.24. The third-order valence-corrected chi connectivity index (χ3v) is 3.24. The smallest absolute Gasteiger partial charge is 0.303 e. The van der Waals surface area contributed by atoms with Crippen molar-refractivity contribution in [2.45, 2.75) is 70.9 Å². The zero-order valence-electron chi connectivity index (χ0n) is 13.3. The normalized spacial score (nSPS) is 16.9. The Hall–Kier alpha value is -1.95. The van der Waals surface area contributed by atoms with Crippen LogP contribution in [0.1, 0.15) is 59.8 Å². The van der Waals surface area contributed by atoms with Gasteiger partial charge in [-0.3, -0.25) is 4.79 Å². The lowest BCUT2D eigenvalue weighted by Crippen LogP contribution is -2.24. The van der Waals surface area contributed by atoms with Crippen LogP contribution in [0.2, 0.25) is 0 Å². The molecule has 0 aromatic carbocycles. The fourth-order valence-electron chi connectivity index (χ4n) is 1.68. The van der Waals surface area contributed by atoms with Crippen molar-refractivity contribution in [3.63, 3.8) is 0 Å². The van der Waals surface area contributed by atoms with Gasteiger partial charge in [-0.2, -0.15) is 20.8 Å². The van der Waals surface area contributed by atoms with Crippen molar-refractivity contribution in [3.05, 3.63) is 0 Å². The van der Waals surface area contributed by atoms with E-state index in [1.807, 2.05) is 6.07 Å². The van der Waals surface area contributed by atoms with E-state index >= 15 is 0 Å². The van der Waals surface area contributed by atoms with Crippen molar-refractivity contribution in [1.82, 2.24) is 0 Å². The molecule has 0 aliphatic rings. The van der Waals surface area contributed by atoms with Crippen molar-refractivity contribution in [2.75, 3.05) is 0 Å². The van der Waals surface area contributed by atoms with Crippen LogP contribution in [0.5, 0.6) is 0 Å². The van der Waals surface area contributed by atoms with Gasteiger partial charge < -0.3 is 5.11 Å². The van der Waals surface area contributed by atoms with Crippen LogP contribution in [-0.4, -0.2) is 22.2 Å². The number of azo groups is 1. The maximum Gasteiger partial charge on any atom is 0.303 e. The molecule has 0 aliphatic carbocycles. The van der Waals surface area contributed by atoms with Crippen molar-refractivity contribution in [3.8, 4) is 12.1 Å². The number of hydrogen-bond acceptors (Lipinski definition) is 5. The van der Waals surface area contributed by atoms with Crippen LogP contribution < -0.4 is 0 Å². The summed E-state index contributed by atoms with van der Waals surface area (Å²) >= 11 is 0. The Bertz CT molecular complexity index is 461. The highest BCUT2D eigenvalue weighted by Gasteiger charge is 2.28. The average Bonchev–Trinajstić information content (AvgIpc) is 2.42. The number of nitriles is 2. The minimum atomic E-state index is -1.20. The summed E-state index contributed by atoms with van der Waals surface area (Å²) in [7, 11) is 0. The lowest BCUT2D eigenvalue weighted by molar-refractivity contribution is -0.137. The highest BCUT2D eigenvalue weighted by atomic mass is 16.4.